The monoisotopic (exact) mass is 359 g/mol. The predicted molar refractivity (Wildman–Crippen MR) is 100.0 cm³/mol. The minimum absolute atomic E-state index is 0.0455. The van der Waals surface area contributed by atoms with Crippen molar-refractivity contribution in [1.29, 1.82) is 0 Å². The van der Waals surface area contributed by atoms with Gasteiger partial charge in [-0.05, 0) is 70.6 Å². The van der Waals surface area contributed by atoms with Crippen LogP contribution in [0.5, 0.6) is 0 Å². The highest BCUT2D eigenvalue weighted by Crippen LogP contribution is 2.13. The van der Waals surface area contributed by atoms with Crippen LogP contribution in [0, 0.1) is 11.8 Å². The van der Waals surface area contributed by atoms with Crippen molar-refractivity contribution in [3.05, 3.63) is 35.4 Å². The molecule has 0 radical (unpaired) electrons. The number of aryl methyl sites for hydroxylation is 1. The van der Waals surface area contributed by atoms with Crippen LogP contribution in [0.15, 0.2) is 24.3 Å². The summed E-state index contributed by atoms with van der Waals surface area (Å²) in [6, 6.07) is 8.03. The van der Waals surface area contributed by atoms with E-state index in [1.54, 1.807) is 20.8 Å². The molecule has 0 aromatic heterocycles. The fraction of sp³-hybridized carbons (Fsp3) is 0.571. The topological polar surface area (TPSA) is 59.0 Å². The van der Waals surface area contributed by atoms with E-state index in [1.165, 1.54) is 6.42 Å². The normalized spacial score (nSPS) is 17.2. The van der Waals surface area contributed by atoms with Crippen molar-refractivity contribution in [2.24, 2.45) is 0 Å². The molecule has 5 heteroatoms. The summed E-state index contributed by atoms with van der Waals surface area (Å²) in [6.45, 7) is 6.33. The summed E-state index contributed by atoms with van der Waals surface area (Å²) in [5.74, 6) is 6.38. The third kappa shape index (κ3) is 7.47. The predicted octanol–water partition coefficient (Wildman–Crippen LogP) is 4.17. The third-order valence-electron chi connectivity index (χ3n) is 3.92. The first-order chi connectivity index (χ1) is 12.3. The van der Waals surface area contributed by atoms with Crippen molar-refractivity contribution >= 4 is 6.09 Å². The van der Waals surface area contributed by atoms with Crippen molar-refractivity contribution in [2.45, 2.75) is 64.6 Å². The molecule has 1 saturated heterocycles. The van der Waals surface area contributed by atoms with Crippen LogP contribution in [0.3, 0.4) is 0 Å². The first-order valence-electron chi connectivity index (χ1n) is 9.25. The quantitative estimate of drug-likeness (QED) is 0.498. The number of ether oxygens (including phenoxy) is 2. The first kappa shape index (κ1) is 20.3. The van der Waals surface area contributed by atoms with Gasteiger partial charge in [0.25, 0.3) is 0 Å². The van der Waals surface area contributed by atoms with Gasteiger partial charge in [-0.3, -0.25) is 5.21 Å². The van der Waals surface area contributed by atoms with Gasteiger partial charge in [0.05, 0.1) is 6.54 Å². The number of amides is 1. The summed E-state index contributed by atoms with van der Waals surface area (Å²) in [6.07, 6.45) is 4.01. The maximum Gasteiger partial charge on any atom is 0.434 e. The minimum Gasteiger partial charge on any atom is -0.442 e. The Labute approximate surface area is 156 Å². The maximum atomic E-state index is 11.7. The number of hydrogen-bond donors (Lipinski definition) is 1. The number of nitrogens with zero attached hydrogens (tertiary/aromatic N) is 1. The molecule has 0 saturated carbocycles. The Morgan fingerprint density at radius 1 is 1.38 bits per heavy atom. The molecule has 1 amide bonds. The molecule has 1 aliphatic heterocycles. The molecule has 1 aromatic rings. The number of carbonyl (C=O) groups is 1. The van der Waals surface area contributed by atoms with E-state index in [9.17, 15) is 10.0 Å². The molecule has 142 valence electrons. The van der Waals surface area contributed by atoms with Gasteiger partial charge in [0.1, 0.15) is 11.7 Å². The van der Waals surface area contributed by atoms with Gasteiger partial charge in [0, 0.05) is 12.2 Å². The van der Waals surface area contributed by atoms with E-state index in [4.69, 9.17) is 9.47 Å². The van der Waals surface area contributed by atoms with Gasteiger partial charge in [-0.1, -0.05) is 24.0 Å². The van der Waals surface area contributed by atoms with Crippen LogP contribution in [0.25, 0.3) is 0 Å². The second-order valence-electron chi connectivity index (χ2n) is 7.53. The molecule has 1 heterocycles. The summed E-state index contributed by atoms with van der Waals surface area (Å²) >= 11 is 0. The molecule has 0 spiro atoms. The van der Waals surface area contributed by atoms with E-state index < -0.39 is 11.7 Å². The Morgan fingerprint density at radius 3 is 2.88 bits per heavy atom. The van der Waals surface area contributed by atoms with Crippen LogP contribution in [0.4, 0.5) is 4.79 Å². The van der Waals surface area contributed by atoms with E-state index in [0.717, 1.165) is 37.0 Å². The van der Waals surface area contributed by atoms with Crippen molar-refractivity contribution in [2.75, 3.05) is 13.2 Å². The van der Waals surface area contributed by atoms with Gasteiger partial charge >= 0.3 is 6.09 Å². The molecule has 1 N–H and O–H groups in total. The Bertz CT molecular complexity index is 648. The van der Waals surface area contributed by atoms with Gasteiger partial charge < -0.3 is 9.47 Å². The Morgan fingerprint density at radius 2 is 2.19 bits per heavy atom. The second kappa shape index (κ2) is 9.61. The SMILES string of the molecule is CC(C)(C)OC(=O)N(O)CCCc1cccc(C#CC2CCCCO2)c1. The maximum absolute atomic E-state index is 11.7. The van der Waals surface area contributed by atoms with Crippen LogP contribution in [-0.2, 0) is 15.9 Å². The smallest absolute Gasteiger partial charge is 0.434 e. The van der Waals surface area contributed by atoms with Crippen LogP contribution < -0.4 is 0 Å². The molecule has 26 heavy (non-hydrogen) atoms. The number of benzene rings is 1. The molecular formula is C21H29NO4. The lowest BCUT2D eigenvalue weighted by molar-refractivity contribution is -0.0941. The largest absolute Gasteiger partial charge is 0.442 e. The summed E-state index contributed by atoms with van der Waals surface area (Å²) in [5.41, 5.74) is 1.47. The second-order valence-corrected chi connectivity index (χ2v) is 7.53. The first-order valence-corrected chi connectivity index (χ1v) is 9.25. The van der Waals surface area contributed by atoms with Gasteiger partial charge in [-0.15, -0.1) is 0 Å². The fourth-order valence-corrected chi connectivity index (χ4v) is 2.66. The zero-order valence-electron chi connectivity index (χ0n) is 16.0. The van der Waals surface area contributed by atoms with E-state index >= 15 is 0 Å². The summed E-state index contributed by atoms with van der Waals surface area (Å²) < 4.78 is 10.7. The molecule has 5 nitrogen and oxygen atoms in total. The zero-order valence-corrected chi connectivity index (χ0v) is 16.0. The van der Waals surface area contributed by atoms with E-state index in [1.807, 2.05) is 24.3 Å². The molecule has 1 aromatic carbocycles. The summed E-state index contributed by atoms with van der Waals surface area (Å²) in [5, 5.41) is 10.4. The van der Waals surface area contributed by atoms with Crippen LogP contribution in [0.1, 0.15) is 57.6 Å². The number of rotatable bonds is 4. The Hall–Kier alpha value is -2.03. The molecule has 2 rings (SSSR count). The molecule has 0 aliphatic carbocycles. The highest BCUT2D eigenvalue weighted by atomic mass is 16.6. The van der Waals surface area contributed by atoms with E-state index in [0.29, 0.717) is 11.5 Å². The minimum atomic E-state index is -0.718. The van der Waals surface area contributed by atoms with Crippen molar-refractivity contribution in [3.8, 4) is 11.8 Å². The van der Waals surface area contributed by atoms with Gasteiger partial charge in [0.2, 0.25) is 0 Å². The van der Waals surface area contributed by atoms with Crippen LogP contribution >= 0.6 is 0 Å². The van der Waals surface area contributed by atoms with Crippen molar-refractivity contribution < 1.29 is 19.5 Å². The average molecular weight is 359 g/mol. The van der Waals surface area contributed by atoms with Crippen LogP contribution in [-0.4, -0.2) is 41.2 Å². The Balaban J connectivity index is 1.81. The van der Waals surface area contributed by atoms with E-state index in [-0.39, 0.29) is 12.6 Å². The molecule has 0 bridgehead atoms. The number of hydrogen-bond acceptors (Lipinski definition) is 4. The van der Waals surface area contributed by atoms with Crippen molar-refractivity contribution in [1.82, 2.24) is 5.06 Å². The van der Waals surface area contributed by atoms with Gasteiger partial charge in [-0.25, -0.2) is 4.79 Å². The Kier molecular flexibility index (Phi) is 7.50. The number of carbonyl (C=O) groups excluding carboxylic acids is 1. The molecular weight excluding hydrogens is 330 g/mol. The van der Waals surface area contributed by atoms with Gasteiger partial charge in [-0.2, -0.15) is 5.06 Å². The molecule has 1 aliphatic rings. The summed E-state index contributed by atoms with van der Waals surface area (Å²) in [4.78, 5) is 11.7. The number of hydroxylamine groups is 2. The summed E-state index contributed by atoms with van der Waals surface area (Å²) in [7, 11) is 0. The highest BCUT2D eigenvalue weighted by molar-refractivity contribution is 5.66. The standard InChI is InChI=1S/C21H29NO4/c1-21(2,3)26-20(23)22(24)14-7-10-17-8-6-9-18(16-17)12-13-19-11-4-5-15-25-19/h6,8-9,16,19,24H,4-5,7,10-11,14-15H2,1-3H3. The lowest BCUT2D eigenvalue weighted by Crippen LogP contribution is -2.35. The zero-order chi connectivity index (χ0) is 19.0. The molecule has 1 fully saturated rings. The average Bonchev–Trinajstić information content (AvgIpc) is 2.60. The van der Waals surface area contributed by atoms with Gasteiger partial charge in [0.15, 0.2) is 0 Å². The lowest BCUT2D eigenvalue weighted by Gasteiger charge is -2.23. The van der Waals surface area contributed by atoms with Crippen molar-refractivity contribution in [3.63, 3.8) is 0 Å². The molecule has 1 atom stereocenters. The highest BCUT2D eigenvalue weighted by Gasteiger charge is 2.20. The van der Waals surface area contributed by atoms with Crippen LogP contribution in [0.2, 0.25) is 0 Å². The third-order valence-corrected chi connectivity index (χ3v) is 3.92. The molecule has 1 unspecified atom stereocenters. The van der Waals surface area contributed by atoms with E-state index in [2.05, 4.69) is 11.8 Å². The lowest BCUT2D eigenvalue weighted by atomic mass is 10.1. The fourth-order valence-electron chi connectivity index (χ4n) is 2.66.